The van der Waals surface area contributed by atoms with Gasteiger partial charge in [-0.2, -0.15) is 0 Å². The Morgan fingerprint density at radius 1 is 0.923 bits per heavy atom. The summed E-state index contributed by atoms with van der Waals surface area (Å²) in [6.45, 7) is 2.17. The molecule has 0 aromatic rings. The van der Waals surface area contributed by atoms with Gasteiger partial charge in [0.05, 0.1) is 0 Å². The molecular weight excluding hydrogens is 615 g/mol. The molecule has 13 heavy (non-hydrogen) atoms. The van der Waals surface area contributed by atoms with Gasteiger partial charge in [-0.05, 0) is 0 Å². The van der Waals surface area contributed by atoms with Gasteiger partial charge in [-0.3, -0.25) is 9.59 Å². The second-order valence-corrected chi connectivity index (χ2v) is 78.4. The molecule has 0 atom stereocenters. The minimum atomic E-state index is -1.92. The van der Waals surface area contributed by atoms with Gasteiger partial charge in [-0.1, -0.05) is 0 Å². The zero-order valence-corrected chi connectivity index (χ0v) is 15.9. The van der Waals surface area contributed by atoms with Crippen LogP contribution in [0.15, 0.2) is 0 Å². The van der Waals surface area contributed by atoms with Crippen molar-refractivity contribution in [3.8, 4) is 0 Å². The van der Waals surface area contributed by atoms with Gasteiger partial charge in [0.2, 0.25) is 0 Å². The Morgan fingerprint density at radius 3 is 0.923 bits per heavy atom. The molecule has 0 heterocycles. The van der Waals surface area contributed by atoms with E-state index in [1.165, 1.54) is 0 Å². The molecule has 0 saturated carbocycles. The summed E-state index contributed by atoms with van der Waals surface area (Å²) < 4.78 is 0. The fraction of sp³-hybridized carbons (Fsp3) is 0.500. The summed E-state index contributed by atoms with van der Waals surface area (Å²) in [4.78, 5) is 18.0. The van der Waals surface area contributed by atoms with Crippen LogP contribution in [0.3, 0.4) is 0 Å². The van der Waals surface area contributed by atoms with Gasteiger partial charge in [0.15, 0.2) is 0 Å². The van der Waals surface area contributed by atoms with Crippen molar-refractivity contribution < 1.29 is 27.6 Å². The van der Waals surface area contributed by atoms with Gasteiger partial charge < -0.3 is 10.2 Å². The van der Waals surface area contributed by atoms with Crippen LogP contribution in [0.1, 0.15) is 13.8 Å². The van der Waals surface area contributed by atoms with Crippen molar-refractivity contribution in [1.29, 1.82) is 0 Å². The molecule has 0 radical (unpaired) electrons. The van der Waals surface area contributed by atoms with Gasteiger partial charge in [0.25, 0.3) is 11.9 Å². The second-order valence-electron chi connectivity index (χ2n) is 1.39. The summed E-state index contributed by atoms with van der Waals surface area (Å²) in [6, 6.07) is 0. The van der Waals surface area contributed by atoms with E-state index in [2.05, 4.69) is 53.2 Å². The summed E-state index contributed by atoms with van der Waals surface area (Å²) in [7, 11) is -1.92. The molecule has 2 N–H and O–H groups in total. The maximum absolute atomic E-state index is 9.00. The number of halogens is 4. The monoisotopic (exact) mass is 620 g/mol. The van der Waals surface area contributed by atoms with Crippen LogP contribution in [0.5, 0.6) is 0 Å². The molecule has 82 valence electrons. The third-order valence-corrected chi connectivity index (χ3v) is 0. The first-order valence-electron chi connectivity index (χ1n) is 2.47. The van der Waals surface area contributed by atoms with E-state index in [0.717, 1.165) is 13.8 Å². The SMILES string of the molecule is CC(=O)O.CC(=O)O.[Br][W]([Br])([Br])[Br]. The molecule has 0 unspecified atom stereocenters. The molecule has 4 nitrogen and oxygen atoms in total. The van der Waals surface area contributed by atoms with E-state index in [4.69, 9.17) is 19.8 Å². The van der Waals surface area contributed by atoms with Crippen molar-refractivity contribution in [3.05, 3.63) is 0 Å². The fourth-order valence-corrected chi connectivity index (χ4v) is 0. The van der Waals surface area contributed by atoms with E-state index >= 15 is 0 Å². The molecule has 0 aliphatic carbocycles. The summed E-state index contributed by atoms with van der Waals surface area (Å²) in [5, 5.41) is 14.8. The van der Waals surface area contributed by atoms with Crippen molar-refractivity contribution in [2.24, 2.45) is 0 Å². The van der Waals surface area contributed by atoms with Crippen molar-refractivity contribution in [3.63, 3.8) is 0 Å². The molecule has 0 aliphatic heterocycles. The van der Waals surface area contributed by atoms with Gasteiger partial charge in [-0.25, -0.2) is 0 Å². The van der Waals surface area contributed by atoms with Crippen LogP contribution in [0.2, 0.25) is 0 Å². The Labute approximate surface area is 105 Å². The molecule has 9 heteroatoms. The summed E-state index contributed by atoms with van der Waals surface area (Å²) in [6.07, 6.45) is 0. The van der Waals surface area contributed by atoms with Crippen molar-refractivity contribution >= 4 is 65.1 Å². The van der Waals surface area contributed by atoms with Gasteiger partial charge >= 0.3 is 61.0 Å². The molecule has 0 rings (SSSR count). The fourth-order valence-electron chi connectivity index (χ4n) is 0. The molecule has 0 fully saturated rings. The standard InChI is InChI=1S/2C2H4O2.4BrH.W/c2*1-2(3)4;;;;;/h2*1H3,(H,3,4);4*1H;/q;;;;;;+4/p-4. The van der Waals surface area contributed by atoms with E-state index in [9.17, 15) is 0 Å². The molecule has 0 aliphatic rings. The maximum atomic E-state index is 9.00. The van der Waals surface area contributed by atoms with Crippen LogP contribution in [0, 0.1) is 0 Å². The first-order chi connectivity index (χ1) is 5.46. The van der Waals surface area contributed by atoms with Crippen molar-refractivity contribution in [1.82, 2.24) is 0 Å². The normalized spacial score (nSPS) is 9.69. The molecule has 0 aromatic heterocycles. The van der Waals surface area contributed by atoms with E-state index in [1.807, 2.05) is 0 Å². The average Bonchev–Trinajstić information content (AvgIpc) is 1.50. The first kappa shape index (κ1) is 20.0. The third kappa shape index (κ3) is 754. The zero-order valence-electron chi connectivity index (χ0n) is 6.63. The van der Waals surface area contributed by atoms with Crippen LogP contribution < -0.4 is 0 Å². The van der Waals surface area contributed by atoms with Crippen molar-refractivity contribution in [2.45, 2.75) is 13.8 Å². The average molecular weight is 624 g/mol. The number of carbonyl (C=O) groups is 2. The minimum absolute atomic E-state index is 0.833. The van der Waals surface area contributed by atoms with Crippen LogP contribution in [0.25, 0.3) is 0 Å². The number of carboxylic acids is 2. The predicted octanol–water partition coefficient (Wildman–Crippen LogP) is 3.56. The Bertz CT molecular complexity index is 131. The molecule has 0 spiro atoms. The van der Waals surface area contributed by atoms with Crippen molar-refractivity contribution in [2.75, 3.05) is 0 Å². The number of rotatable bonds is 0. The van der Waals surface area contributed by atoms with Crippen LogP contribution >= 0.6 is 53.2 Å². The van der Waals surface area contributed by atoms with Gasteiger partial charge in [0, 0.05) is 13.8 Å². The van der Waals surface area contributed by atoms with Crippen LogP contribution in [0.4, 0.5) is 0 Å². The molecular formula is C4H8Br4O4W. The third-order valence-electron chi connectivity index (χ3n) is 0. The predicted molar refractivity (Wildman–Crippen MR) is 62.3 cm³/mol. The Morgan fingerprint density at radius 2 is 0.923 bits per heavy atom. The quantitative estimate of drug-likeness (QED) is 0.433. The van der Waals surface area contributed by atoms with E-state index in [0.29, 0.717) is 0 Å². The Kier molecular flexibility index (Phi) is 17.9. The summed E-state index contributed by atoms with van der Waals surface area (Å²) >= 11 is 13.3. The molecule has 0 bridgehead atoms. The summed E-state index contributed by atoms with van der Waals surface area (Å²) in [5.41, 5.74) is 0. The van der Waals surface area contributed by atoms with Gasteiger partial charge in [0.1, 0.15) is 0 Å². The van der Waals surface area contributed by atoms with E-state index in [1.54, 1.807) is 0 Å². The Balaban J connectivity index is -0.000000117. The Hall–Kier alpha value is 1.55. The first-order valence-corrected chi connectivity index (χ1v) is 28.1. The van der Waals surface area contributed by atoms with E-state index in [-0.39, 0.29) is 0 Å². The van der Waals surface area contributed by atoms with Gasteiger partial charge in [-0.15, -0.1) is 0 Å². The number of hydrogen-bond acceptors (Lipinski definition) is 2. The summed E-state index contributed by atoms with van der Waals surface area (Å²) in [5.74, 6) is -1.67. The van der Waals surface area contributed by atoms with Crippen LogP contribution in [-0.4, -0.2) is 22.2 Å². The number of carboxylic acid groups (broad SMARTS) is 2. The van der Waals surface area contributed by atoms with E-state index < -0.39 is 19.8 Å². The number of hydrogen-bond donors (Lipinski definition) is 2. The second kappa shape index (κ2) is 11.6. The zero-order chi connectivity index (χ0) is 11.7. The molecule has 0 amide bonds. The number of aliphatic carboxylic acids is 2. The molecule has 0 aromatic carbocycles. The topological polar surface area (TPSA) is 74.6 Å². The molecule has 0 saturated heterocycles. The van der Waals surface area contributed by atoms with Crippen LogP contribution in [-0.2, 0) is 17.4 Å².